The zero-order valence-electron chi connectivity index (χ0n) is 11.5. The number of nitrogens with two attached hydrogens (primary N) is 1. The molecule has 0 amide bonds. The minimum atomic E-state index is -3.59. The zero-order chi connectivity index (χ0) is 14.5. The van der Waals surface area contributed by atoms with Gasteiger partial charge in [-0.3, -0.25) is 0 Å². The van der Waals surface area contributed by atoms with Gasteiger partial charge >= 0.3 is 0 Å². The molecular weight excluding hydrogens is 266 g/mol. The van der Waals surface area contributed by atoms with Crippen molar-refractivity contribution in [1.29, 1.82) is 0 Å². The van der Waals surface area contributed by atoms with Gasteiger partial charge in [-0.1, -0.05) is 13.8 Å². The second-order valence-electron chi connectivity index (χ2n) is 4.43. The number of hydrogen-bond acceptors (Lipinski definition) is 5. The van der Waals surface area contributed by atoms with Crippen molar-refractivity contribution < 1.29 is 13.2 Å². The van der Waals surface area contributed by atoms with Crippen LogP contribution >= 0.6 is 0 Å². The third kappa shape index (κ3) is 4.15. The molecule has 108 valence electrons. The number of ether oxygens (including phenoxy) is 1. The van der Waals surface area contributed by atoms with Gasteiger partial charge in [0.25, 0.3) is 0 Å². The lowest BCUT2D eigenvalue weighted by atomic mass is 9.95. The fraction of sp³-hybridized carbons (Fsp3) is 0.583. The van der Waals surface area contributed by atoms with Crippen molar-refractivity contribution in [3.05, 3.63) is 18.3 Å². The van der Waals surface area contributed by atoms with E-state index in [0.29, 0.717) is 18.7 Å². The summed E-state index contributed by atoms with van der Waals surface area (Å²) in [6, 6.07) is 2.95. The molecule has 0 aliphatic carbocycles. The van der Waals surface area contributed by atoms with E-state index in [9.17, 15) is 8.42 Å². The Morgan fingerprint density at radius 1 is 1.37 bits per heavy atom. The fourth-order valence-corrected chi connectivity index (χ4v) is 2.55. The lowest BCUT2D eigenvalue weighted by Crippen LogP contribution is -2.49. The van der Waals surface area contributed by atoms with Crippen molar-refractivity contribution in [2.75, 3.05) is 13.7 Å². The highest BCUT2D eigenvalue weighted by molar-refractivity contribution is 7.89. The smallest absolute Gasteiger partial charge is 0.242 e. The summed E-state index contributed by atoms with van der Waals surface area (Å²) in [4.78, 5) is 3.98. The Hall–Kier alpha value is -1.18. The molecule has 1 heterocycles. The van der Waals surface area contributed by atoms with Crippen molar-refractivity contribution >= 4 is 10.0 Å². The zero-order valence-corrected chi connectivity index (χ0v) is 12.3. The average Bonchev–Trinajstić information content (AvgIpc) is 2.45. The monoisotopic (exact) mass is 287 g/mol. The van der Waals surface area contributed by atoms with Gasteiger partial charge in [0.1, 0.15) is 4.90 Å². The molecule has 0 fully saturated rings. The first-order chi connectivity index (χ1) is 8.87. The van der Waals surface area contributed by atoms with Crippen LogP contribution < -0.4 is 15.2 Å². The summed E-state index contributed by atoms with van der Waals surface area (Å²) < 4.78 is 31.5. The van der Waals surface area contributed by atoms with Crippen LogP contribution in [-0.2, 0) is 10.0 Å². The van der Waals surface area contributed by atoms with E-state index in [-0.39, 0.29) is 11.4 Å². The quantitative estimate of drug-likeness (QED) is 0.776. The van der Waals surface area contributed by atoms with Crippen LogP contribution in [0.4, 0.5) is 0 Å². The molecule has 0 saturated carbocycles. The summed E-state index contributed by atoms with van der Waals surface area (Å²) in [6.45, 7) is 4.08. The number of nitrogens with one attached hydrogen (secondary N) is 1. The summed E-state index contributed by atoms with van der Waals surface area (Å²) in [5.41, 5.74) is 5.54. The van der Waals surface area contributed by atoms with Gasteiger partial charge < -0.3 is 10.5 Å². The highest BCUT2D eigenvalue weighted by Crippen LogP contribution is 2.14. The first kappa shape index (κ1) is 15.9. The molecule has 1 aromatic heterocycles. The normalized spacial score (nSPS) is 12.4. The van der Waals surface area contributed by atoms with Crippen molar-refractivity contribution in [3.8, 4) is 5.88 Å². The molecule has 0 atom stereocenters. The summed E-state index contributed by atoms with van der Waals surface area (Å²) >= 11 is 0. The summed E-state index contributed by atoms with van der Waals surface area (Å²) in [7, 11) is -2.11. The maximum absolute atomic E-state index is 12.1. The number of nitrogens with zero attached hydrogens (tertiary/aromatic N) is 1. The molecule has 3 N–H and O–H groups in total. The van der Waals surface area contributed by atoms with E-state index in [2.05, 4.69) is 9.71 Å². The molecule has 0 unspecified atom stereocenters. The van der Waals surface area contributed by atoms with Crippen LogP contribution in [0.3, 0.4) is 0 Å². The second kappa shape index (κ2) is 6.31. The molecule has 0 aromatic carbocycles. The van der Waals surface area contributed by atoms with Gasteiger partial charge in [0.2, 0.25) is 15.9 Å². The molecule has 0 bridgehead atoms. The van der Waals surface area contributed by atoms with Gasteiger partial charge in [0.05, 0.1) is 13.3 Å². The Bertz CT molecular complexity index is 495. The molecule has 1 aromatic rings. The average molecular weight is 287 g/mol. The van der Waals surface area contributed by atoms with Crippen molar-refractivity contribution in [3.63, 3.8) is 0 Å². The summed E-state index contributed by atoms with van der Waals surface area (Å²) in [5, 5.41) is 0. The predicted octanol–water partition coefficient (Wildman–Crippen LogP) is 0.886. The van der Waals surface area contributed by atoms with Crippen molar-refractivity contribution in [2.24, 2.45) is 5.73 Å². The van der Waals surface area contributed by atoms with Gasteiger partial charge in [0, 0.05) is 18.2 Å². The van der Waals surface area contributed by atoms with Gasteiger partial charge in [-0.05, 0) is 18.9 Å². The third-order valence-electron chi connectivity index (χ3n) is 3.25. The minimum absolute atomic E-state index is 0.0999. The van der Waals surface area contributed by atoms with Gasteiger partial charge in [-0.25, -0.2) is 18.1 Å². The minimum Gasteiger partial charge on any atom is -0.481 e. The number of hydrogen-bond donors (Lipinski definition) is 2. The molecular formula is C12H21N3O3S. The fourth-order valence-electron chi connectivity index (χ4n) is 1.47. The maximum atomic E-state index is 12.1. The van der Waals surface area contributed by atoms with Crippen molar-refractivity contribution in [2.45, 2.75) is 37.1 Å². The molecule has 1 rings (SSSR count). The highest BCUT2D eigenvalue weighted by atomic mass is 32.2. The lowest BCUT2D eigenvalue weighted by Gasteiger charge is -2.26. The van der Waals surface area contributed by atoms with Crippen molar-refractivity contribution in [1.82, 2.24) is 9.71 Å². The number of aromatic nitrogens is 1. The first-order valence-corrected chi connectivity index (χ1v) is 7.64. The van der Waals surface area contributed by atoms with Gasteiger partial charge in [-0.2, -0.15) is 0 Å². The van der Waals surface area contributed by atoms with E-state index < -0.39 is 15.6 Å². The third-order valence-corrected chi connectivity index (χ3v) is 4.64. The Labute approximate surface area is 114 Å². The molecule has 0 spiro atoms. The van der Waals surface area contributed by atoms with Crippen LogP contribution in [0.25, 0.3) is 0 Å². The van der Waals surface area contributed by atoms with Gasteiger partial charge in [0.15, 0.2) is 0 Å². The van der Waals surface area contributed by atoms with Crippen LogP contribution in [-0.4, -0.2) is 32.6 Å². The molecule has 0 radical (unpaired) electrons. The largest absolute Gasteiger partial charge is 0.481 e. The van der Waals surface area contributed by atoms with E-state index >= 15 is 0 Å². The maximum Gasteiger partial charge on any atom is 0.242 e. The SMILES string of the molecule is CCC(N)(CC)CNS(=O)(=O)c1ccc(OC)nc1. The molecule has 0 saturated heterocycles. The van der Waals surface area contributed by atoms with E-state index in [4.69, 9.17) is 10.5 Å². The molecule has 0 aliphatic heterocycles. The molecule has 0 aliphatic rings. The second-order valence-corrected chi connectivity index (χ2v) is 6.20. The Morgan fingerprint density at radius 2 is 2.00 bits per heavy atom. The Morgan fingerprint density at radius 3 is 2.42 bits per heavy atom. The summed E-state index contributed by atoms with van der Waals surface area (Å²) in [5.74, 6) is 0.370. The Balaban J connectivity index is 2.80. The standard InChI is InChI=1S/C12H21N3O3S/c1-4-12(13,5-2)9-15-19(16,17)10-6-7-11(18-3)14-8-10/h6-8,15H,4-5,9,13H2,1-3H3. The van der Waals surface area contributed by atoms with Crippen LogP contribution in [0.1, 0.15) is 26.7 Å². The number of pyridine rings is 1. The predicted molar refractivity (Wildman–Crippen MR) is 73.5 cm³/mol. The van der Waals surface area contributed by atoms with E-state index in [1.54, 1.807) is 0 Å². The first-order valence-electron chi connectivity index (χ1n) is 6.15. The lowest BCUT2D eigenvalue weighted by molar-refractivity contribution is 0.391. The van der Waals surface area contributed by atoms with E-state index in [1.165, 1.54) is 25.4 Å². The van der Waals surface area contributed by atoms with Crippen LogP contribution in [0.15, 0.2) is 23.2 Å². The molecule has 6 nitrogen and oxygen atoms in total. The Kier molecular flexibility index (Phi) is 5.28. The van der Waals surface area contributed by atoms with Crippen LogP contribution in [0.2, 0.25) is 0 Å². The van der Waals surface area contributed by atoms with Gasteiger partial charge in [-0.15, -0.1) is 0 Å². The molecule has 19 heavy (non-hydrogen) atoms. The number of methoxy groups -OCH3 is 1. The summed E-state index contributed by atoms with van der Waals surface area (Å²) in [6.07, 6.45) is 2.66. The van der Waals surface area contributed by atoms with Crippen LogP contribution in [0, 0.1) is 0 Å². The number of sulfonamides is 1. The van der Waals surface area contributed by atoms with E-state index in [0.717, 1.165) is 0 Å². The highest BCUT2D eigenvalue weighted by Gasteiger charge is 2.24. The van der Waals surface area contributed by atoms with E-state index in [1.807, 2.05) is 13.8 Å². The number of rotatable bonds is 7. The van der Waals surface area contributed by atoms with Crippen LogP contribution in [0.5, 0.6) is 5.88 Å². The molecule has 7 heteroatoms. The topological polar surface area (TPSA) is 94.3 Å².